The van der Waals surface area contributed by atoms with Crippen molar-refractivity contribution < 1.29 is 18.3 Å². The van der Waals surface area contributed by atoms with Gasteiger partial charge in [0.05, 0.1) is 13.0 Å². The Morgan fingerprint density at radius 2 is 2.14 bits per heavy atom. The van der Waals surface area contributed by atoms with Gasteiger partial charge in [0, 0.05) is 24.7 Å². The lowest BCUT2D eigenvalue weighted by atomic mass is 10.1. The van der Waals surface area contributed by atoms with Crippen LogP contribution in [0.4, 0.5) is 8.78 Å². The molecule has 0 radical (unpaired) electrons. The number of hydrogen-bond donors (Lipinski definition) is 1. The third-order valence-electron chi connectivity index (χ3n) is 4.12. The lowest BCUT2D eigenvalue weighted by Gasteiger charge is -2.20. The zero-order chi connectivity index (χ0) is 16.3. The zero-order valence-corrected chi connectivity index (χ0v) is 13.2. The van der Waals surface area contributed by atoms with E-state index in [1.54, 1.807) is 0 Å². The third kappa shape index (κ3) is 3.55. The van der Waals surface area contributed by atoms with E-state index in [1.807, 2.05) is 0 Å². The Balaban J connectivity index is 1.93. The maximum Gasteiger partial charge on any atom is 0.224 e. The van der Waals surface area contributed by atoms with Crippen molar-refractivity contribution in [2.45, 2.75) is 32.9 Å². The number of methoxy groups -OCH3 is 1. The standard InChI is InChI=1S/C16H22F2N2O2/c1-10(2)20-7-6-12(9-20)16(21)19-8-11-4-5-13(22-3)15(18)14(11)17/h4-5,10,12H,6-9H2,1-3H3,(H,19,21). The number of ether oxygens (including phenoxy) is 1. The van der Waals surface area contributed by atoms with E-state index in [0.717, 1.165) is 13.0 Å². The third-order valence-corrected chi connectivity index (χ3v) is 4.12. The Hall–Kier alpha value is -1.69. The summed E-state index contributed by atoms with van der Waals surface area (Å²) in [4.78, 5) is 14.4. The van der Waals surface area contributed by atoms with E-state index in [0.29, 0.717) is 12.6 Å². The van der Waals surface area contributed by atoms with Gasteiger partial charge in [0.25, 0.3) is 0 Å². The molecule has 0 spiro atoms. The minimum Gasteiger partial charge on any atom is -0.494 e. The van der Waals surface area contributed by atoms with Gasteiger partial charge in [0.1, 0.15) is 0 Å². The van der Waals surface area contributed by atoms with E-state index in [2.05, 4.69) is 24.1 Å². The highest BCUT2D eigenvalue weighted by atomic mass is 19.2. The summed E-state index contributed by atoms with van der Waals surface area (Å²) in [5.74, 6) is -2.35. The Morgan fingerprint density at radius 3 is 2.73 bits per heavy atom. The first kappa shape index (κ1) is 16.7. The molecule has 1 amide bonds. The highest BCUT2D eigenvalue weighted by molar-refractivity contribution is 5.79. The Labute approximate surface area is 129 Å². The van der Waals surface area contributed by atoms with Crippen LogP contribution in [0.15, 0.2) is 12.1 Å². The fourth-order valence-corrected chi connectivity index (χ4v) is 2.66. The van der Waals surface area contributed by atoms with Crippen LogP contribution in [-0.4, -0.2) is 37.0 Å². The van der Waals surface area contributed by atoms with Crippen LogP contribution >= 0.6 is 0 Å². The summed E-state index contributed by atoms with van der Waals surface area (Å²) in [6, 6.07) is 3.19. The number of carbonyl (C=O) groups excluding carboxylic acids is 1. The first-order valence-corrected chi connectivity index (χ1v) is 7.46. The molecular formula is C16H22F2N2O2. The van der Waals surface area contributed by atoms with Gasteiger partial charge in [-0.05, 0) is 32.9 Å². The number of rotatable bonds is 5. The normalized spacial score (nSPS) is 18.7. The fourth-order valence-electron chi connectivity index (χ4n) is 2.66. The van der Waals surface area contributed by atoms with Crippen LogP contribution in [0, 0.1) is 17.6 Å². The van der Waals surface area contributed by atoms with E-state index < -0.39 is 11.6 Å². The van der Waals surface area contributed by atoms with Crippen molar-refractivity contribution >= 4 is 5.91 Å². The maximum atomic E-state index is 13.8. The van der Waals surface area contributed by atoms with Crippen LogP contribution in [0.3, 0.4) is 0 Å². The average molecular weight is 312 g/mol. The Morgan fingerprint density at radius 1 is 1.41 bits per heavy atom. The summed E-state index contributed by atoms with van der Waals surface area (Å²) >= 11 is 0. The van der Waals surface area contributed by atoms with Crippen LogP contribution in [0.5, 0.6) is 5.75 Å². The molecule has 2 rings (SSSR count). The predicted molar refractivity (Wildman–Crippen MR) is 79.6 cm³/mol. The zero-order valence-electron chi connectivity index (χ0n) is 13.2. The quantitative estimate of drug-likeness (QED) is 0.907. The van der Waals surface area contributed by atoms with E-state index in [4.69, 9.17) is 4.74 Å². The van der Waals surface area contributed by atoms with Gasteiger partial charge in [-0.25, -0.2) is 4.39 Å². The number of hydrogen-bond acceptors (Lipinski definition) is 3. The topological polar surface area (TPSA) is 41.6 Å². The molecule has 1 heterocycles. The van der Waals surface area contributed by atoms with Gasteiger partial charge in [-0.15, -0.1) is 0 Å². The van der Waals surface area contributed by atoms with E-state index in [1.165, 1.54) is 19.2 Å². The molecule has 1 aromatic rings. The van der Waals surface area contributed by atoms with Crippen molar-refractivity contribution in [1.82, 2.24) is 10.2 Å². The lowest BCUT2D eigenvalue weighted by Crippen LogP contribution is -2.34. The van der Waals surface area contributed by atoms with Crippen LogP contribution in [0.2, 0.25) is 0 Å². The van der Waals surface area contributed by atoms with Gasteiger partial charge < -0.3 is 15.0 Å². The molecule has 1 aliphatic rings. The van der Waals surface area contributed by atoms with Crippen LogP contribution < -0.4 is 10.1 Å². The van der Waals surface area contributed by atoms with Gasteiger partial charge in [-0.3, -0.25) is 4.79 Å². The first-order valence-electron chi connectivity index (χ1n) is 7.46. The van der Waals surface area contributed by atoms with E-state index >= 15 is 0 Å². The second-order valence-corrected chi connectivity index (χ2v) is 5.85. The highest BCUT2D eigenvalue weighted by Gasteiger charge is 2.29. The number of carbonyl (C=O) groups is 1. The molecule has 0 aromatic heterocycles. The SMILES string of the molecule is COc1ccc(CNC(=O)C2CCN(C(C)C)C2)c(F)c1F. The summed E-state index contributed by atoms with van der Waals surface area (Å²) in [5.41, 5.74) is 0.116. The number of likely N-dealkylation sites (tertiary alicyclic amines) is 1. The van der Waals surface area contributed by atoms with Gasteiger partial charge in [-0.1, -0.05) is 6.07 Å². The average Bonchev–Trinajstić information content (AvgIpc) is 2.99. The highest BCUT2D eigenvalue weighted by Crippen LogP contribution is 2.23. The molecule has 6 heteroatoms. The molecule has 1 aliphatic heterocycles. The fraction of sp³-hybridized carbons (Fsp3) is 0.562. The molecule has 1 aromatic carbocycles. The molecule has 1 fully saturated rings. The predicted octanol–water partition coefficient (Wildman–Crippen LogP) is 2.32. The van der Waals surface area contributed by atoms with Crippen molar-refractivity contribution in [3.8, 4) is 5.75 Å². The molecule has 122 valence electrons. The number of nitrogens with zero attached hydrogens (tertiary/aromatic N) is 1. The van der Waals surface area contributed by atoms with Gasteiger partial charge >= 0.3 is 0 Å². The van der Waals surface area contributed by atoms with Crippen molar-refractivity contribution in [2.24, 2.45) is 5.92 Å². The Bertz CT molecular complexity index is 549. The molecule has 1 N–H and O–H groups in total. The number of amides is 1. The van der Waals surface area contributed by atoms with Crippen molar-refractivity contribution in [1.29, 1.82) is 0 Å². The van der Waals surface area contributed by atoms with Crippen molar-refractivity contribution in [3.05, 3.63) is 29.3 Å². The molecule has 0 saturated carbocycles. The molecule has 1 atom stereocenters. The molecule has 0 aliphatic carbocycles. The molecule has 1 unspecified atom stereocenters. The van der Waals surface area contributed by atoms with Crippen LogP contribution in [0.1, 0.15) is 25.8 Å². The maximum absolute atomic E-state index is 13.8. The minimum atomic E-state index is -1.03. The number of benzene rings is 1. The van der Waals surface area contributed by atoms with Crippen molar-refractivity contribution in [3.63, 3.8) is 0 Å². The molecule has 1 saturated heterocycles. The second-order valence-electron chi connectivity index (χ2n) is 5.85. The molecule has 22 heavy (non-hydrogen) atoms. The van der Waals surface area contributed by atoms with E-state index in [9.17, 15) is 13.6 Å². The van der Waals surface area contributed by atoms with Crippen LogP contribution in [-0.2, 0) is 11.3 Å². The molecule has 0 bridgehead atoms. The lowest BCUT2D eigenvalue weighted by molar-refractivity contribution is -0.124. The first-order chi connectivity index (χ1) is 10.4. The Kier molecular flexibility index (Phi) is 5.34. The van der Waals surface area contributed by atoms with E-state index in [-0.39, 0.29) is 29.7 Å². The summed E-state index contributed by atoms with van der Waals surface area (Å²) < 4.78 is 32.2. The summed E-state index contributed by atoms with van der Waals surface area (Å²) in [6.07, 6.45) is 0.795. The summed E-state index contributed by atoms with van der Waals surface area (Å²) in [6.45, 7) is 5.76. The largest absolute Gasteiger partial charge is 0.494 e. The molecule has 4 nitrogen and oxygen atoms in total. The second kappa shape index (κ2) is 7.05. The minimum absolute atomic E-state index is 0.0240. The van der Waals surface area contributed by atoms with Crippen LogP contribution in [0.25, 0.3) is 0 Å². The number of halogens is 2. The van der Waals surface area contributed by atoms with Gasteiger partial charge in [0.15, 0.2) is 11.6 Å². The summed E-state index contributed by atoms with van der Waals surface area (Å²) in [5, 5.41) is 2.69. The van der Waals surface area contributed by atoms with Crippen molar-refractivity contribution in [2.75, 3.05) is 20.2 Å². The number of nitrogens with one attached hydrogen (secondary N) is 1. The monoisotopic (exact) mass is 312 g/mol. The smallest absolute Gasteiger partial charge is 0.224 e. The van der Waals surface area contributed by atoms with Gasteiger partial charge in [0.2, 0.25) is 11.7 Å². The summed E-state index contributed by atoms with van der Waals surface area (Å²) in [7, 11) is 1.28. The van der Waals surface area contributed by atoms with Gasteiger partial charge in [-0.2, -0.15) is 4.39 Å². The molecular weight excluding hydrogens is 290 g/mol.